The number of benzene rings is 1. The number of pyridine rings is 1. The van der Waals surface area contributed by atoms with E-state index >= 15 is 0 Å². The summed E-state index contributed by atoms with van der Waals surface area (Å²) in [5, 5.41) is 8.49. The molecule has 1 saturated carbocycles. The Morgan fingerprint density at radius 1 is 0.862 bits per heavy atom. The van der Waals surface area contributed by atoms with Gasteiger partial charge in [0, 0.05) is 36.1 Å². The third-order valence-electron chi connectivity index (χ3n) is 4.91. The number of amides is 3. The maximum absolute atomic E-state index is 12.6. The van der Waals surface area contributed by atoms with E-state index in [1.807, 2.05) is 0 Å². The number of carbonyl (C=O) groups excluding carboxylic acids is 3. The van der Waals surface area contributed by atoms with Crippen LogP contribution in [0.3, 0.4) is 0 Å². The minimum atomic E-state index is -0.401. The molecule has 0 radical (unpaired) electrons. The Kier molecular flexibility index (Phi) is 6.94. The zero-order chi connectivity index (χ0) is 20.6. The van der Waals surface area contributed by atoms with Gasteiger partial charge < -0.3 is 16.0 Å². The molecular formula is C22H26N4O3. The number of carbonyl (C=O) groups is 3. The van der Waals surface area contributed by atoms with Crippen LogP contribution in [-0.2, 0) is 4.79 Å². The first-order chi connectivity index (χ1) is 14.0. The first-order valence-corrected chi connectivity index (χ1v) is 9.97. The van der Waals surface area contributed by atoms with Crippen molar-refractivity contribution >= 4 is 29.1 Å². The fourth-order valence-corrected chi connectivity index (χ4v) is 3.42. The molecule has 0 aliphatic heterocycles. The van der Waals surface area contributed by atoms with E-state index in [2.05, 4.69) is 20.9 Å². The predicted molar refractivity (Wildman–Crippen MR) is 112 cm³/mol. The summed E-state index contributed by atoms with van der Waals surface area (Å²) in [5.41, 5.74) is 1.81. The molecule has 29 heavy (non-hydrogen) atoms. The van der Waals surface area contributed by atoms with Crippen LogP contribution in [0, 0.1) is 0 Å². The van der Waals surface area contributed by atoms with Gasteiger partial charge in [0.25, 0.3) is 11.8 Å². The summed E-state index contributed by atoms with van der Waals surface area (Å²) in [4.78, 5) is 40.2. The Balaban J connectivity index is 1.62. The molecule has 1 heterocycles. The van der Waals surface area contributed by atoms with E-state index < -0.39 is 5.91 Å². The van der Waals surface area contributed by atoms with E-state index in [0.717, 1.165) is 25.7 Å². The minimum absolute atomic E-state index is 0.162. The van der Waals surface area contributed by atoms with Gasteiger partial charge in [-0.1, -0.05) is 25.7 Å². The normalized spacial score (nSPS) is 14.5. The van der Waals surface area contributed by atoms with Crippen molar-refractivity contribution in [2.24, 2.45) is 0 Å². The van der Waals surface area contributed by atoms with E-state index in [4.69, 9.17) is 0 Å². The summed E-state index contributed by atoms with van der Waals surface area (Å²) in [6.45, 7) is 1.43. The van der Waals surface area contributed by atoms with Gasteiger partial charge in [0.15, 0.2) is 0 Å². The second kappa shape index (κ2) is 9.82. The van der Waals surface area contributed by atoms with Gasteiger partial charge in [0.2, 0.25) is 5.91 Å². The average molecular weight is 394 g/mol. The van der Waals surface area contributed by atoms with Crippen LogP contribution >= 0.6 is 0 Å². The molecule has 1 aliphatic rings. The van der Waals surface area contributed by atoms with Gasteiger partial charge in [-0.2, -0.15) is 0 Å². The first-order valence-electron chi connectivity index (χ1n) is 9.97. The number of nitrogens with zero attached hydrogens (tertiary/aromatic N) is 1. The van der Waals surface area contributed by atoms with Crippen molar-refractivity contribution in [1.82, 2.24) is 10.3 Å². The molecule has 1 fully saturated rings. The molecule has 2 aromatic rings. The lowest BCUT2D eigenvalue weighted by Crippen LogP contribution is -2.34. The lowest BCUT2D eigenvalue weighted by molar-refractivity contribution is -0.114. The molecule has 0 spiro atoms. The number of hydrogen-bond acceptors (Lipinski definition) is 4. The summed E-state index contributed by atoms with van der Waals surface area (Å²) in [5.74, 6) is -0.737. The second-order valence-corrected chi connectivity index (χ2v) is 7.30. The van der Waals surface area contributed by atoms with Gasteiger partial charge >= 0.3 is 0 Å². The molecule has 3 amide bonds. The second-order valence-electron chi connectivity index (χ2n) is 7.30. The summed E-state index contributed by atoms with van der Waals surface area (Å²) in [6.07, 6.45) is 8.18. The lowest BCUT2D eigenvalue weighted by Gasteiger charge is -2.16. The van der Waals surface area contributed by atoms with Crippen molar-refractivity contribution < 1.29 is 14.4 Å². The summed E-state index contributed by atoms with van der Waals surface area (Å²) in [6, 6.07) is 10.1. The smallest absolute Gasteiger partial charge is 0.274 e. The summed E-state index contributed by atoms with van der Waals surface area (Å²) in [7, 11) is 0. The Morgan fingerprint density at radius 3 is 2.10 bits per heavy atom. The van der Waals surface area contributed by atoms with Crippen molar-refractivity contribution in [3.63, 3.8) is 0 Å². The van der Waals surface area contributed by atoms with Crippen LogP contribution in [0.5, 0.6) is 0 Å². The number of rotatable bonds is 5. The first kappa shape index (κ1) is 20.5. The molecule has 0 bridgehead atoms. The van der Waals surface area contributed by atoms with Crippen LogP contribution in [-0.4, -0.2) is 28.7 Å². The van der Waals surface area contributed by atoms with Crippen LogP contribution in [0.1, 0.15) is 66.3 Å². The van der Waals surface area contributed by atoms with E-state index in [9.17, 15) is 14.4 Å². The number of aromatic nitrogens is 1. The highest BCUT2D eigenvalue weighted by Gasteiger charge is 2.17. The van der Waals surface area contributed by atoms with Crippen LogP contribution in [0.4, 0.5) is 11.4 Å². The molecule has 3 N–H and O–H groups in total. The lowest BCUT2D eigenvalue weighted by atomic mass is 10.1. The highest BCUT2D eigenvalue weighted by atomic mass is 16.2. The van der Waals surface area contributed by atoms with Crippen molar-refractivity contribution in [3.05, 3.63) is 53.9 Å². The molecule has 0 unspecified atom stereocenters. The number of hydrogen-bond donors (Lipinski definition) is 3. The molecule has 0 saturated heterocycles. The third kappa shape index (κ3) is 6.14. The van der Waals surface area contributed by atoms with Crippen molar-refractivity contribution in [1.29, 1.82) is 0 Å². The van der Waals surface area contributed by atoms with Gasteiger partial charge in [-0.05, 0) is 49.2 Å². The molecule has 152 valence electrons. The summed E-state index contributed by atoms with van der Waals surface area (Å²) >= 11 is 0. The molecule has 1 aromatic carbocycles. The Morgan fingerprint density at radius 2 is 1.48 bits per heavy atom. The predicted octanol–water partition coefficient (Wildman–Crippen LogP) is 3.74. The molecule has 0 atom stereocenters. The maximum Gasteiger partial charge on any atom is 0.274 e. The molecular weight excluding hydrogens is 368 g/mol. The Labute approximate surface area is 170 Å². The molecule has 3 rings (SSSR count). The van der Waals surface area contributed by atoms with E-state index in [0.29, 0.717) is 16.9 Å². The molecule has 7 nitrogen and oxygen atoms in total. The van der Waals surface area contributed by atoms with Gasteiger partial charge in [0.05, 0.1) is 0 Å². The van der Waals surface area contributed by atoms with Crippen LogP contribution < -0.4 is 16.0 Å². The quantitative estimate of drug-likeness (QED) is 0.673. The van der Waals surface area contributed by atoms with Gasteiger partial charge in [-0.25, -0.2) is 0 Å². The van der Waals surface area contributed by atoms with Crippen molar-refractivity contribution in [3.8, 4) is 0 Å². The van der Waals surface area contributed by atoms with E-state index in [-0.39, 0.29) is 23.6 Å². The monoisotopic (exact) mass is 394 g/mol. The Bertz CT molecular complexity index is 872. The topological polar surface area (TPSA) is 100 Å². The maximum atomic E-state index is 12.6. The van der Waals surface area contributed by atoms with Gasteiger partial charge in [-0.3, -0.25) is 19.4 Å². The number of anilines is 2. The molecule has 1 aliphatic carbocycles. The van der Waals surface area contributed by atoms with Gasteiger partial charge in [-0.15, -0.1) is 0 Å². The average Bonchev–Trinajstić information content (AvgIpc) is 2.98. The van der Waals surface area contributed by atoms with Crippen molar-refractivity contribution in [2.45, 2.75) is 51.5 Å². The zero-order valence-corrected chi connectivity index (χ0v) is 16.5. The minimum Gasteiger partial charge on any atom is -0.349 e. The highest BCUT2D eigenvalue weighted by Crippen LogP contribution is 2.18. The molecule has 7 heteroatoms. The van der Waals surface area contributed by atoms with Crippen LogP contribution in [0.25, 0.3) is 0 Å². The molecule has 1 aromatic heterocycles. The number of nitrogens with one attached hydrogen (secondary N) is 3. The fraction of sp³-hybridized carbons (Fsp3) is 0.364. The Hall–Kier alpha value is -3.22. The SMILES string of the molecule is CC(=O)Nc1ccc(NC(=O)c2cc(C(=O)NC3CCCCCC3)ccn2)cc1. The van der Waals surface area contributed by atoms with E-state index in [1.165, 1.54) is 32.0 Å². The largest absolute Gasteiger partial charge is 0.349 e. The van der Waals surface area contributed by atoms with Crippen molar-refractivity contribution in [2.75, 3.05) is 10.6 Å². The third-order valence-corrected chi connectivity index (χ3v) is 4.91. The zero-order valence-electron chi connectivity index (χ0n) is 16.5. The highest BCUT2D eigenvalue weighted by molar-refractivity contribution is 6.05. The van der Waals surface area contributed by atoms with Gasteiger partial charge in [0.1, 0.15) is 5.69 Å². The van der Waals surface area contributed by atoms with Crippen LogP contribution in [0.2, 0.25) is 0 Å². The van der Waals surface area contributed by atoms with E-state index in [1.54, 1.807) is 30.3 Å². The standard InChI is InChI=1S/C22H26N4O3/c1-15(27)24-18-8-10-19(11-9-18)26-22(29)20-14-16(12-13-23-20)21(28)25-17-6-4-2-3-5-7-17/h8-14,17H,2-7H2,1H3,(H,24,27)(H,25,28)(H,26,29). The fourth-order valence-electron chi connectivity index (χ4n) is 3.42. The summed E-state index contributed by atoms with van der Waals surface area (Å²) < 4.78 is 0. The van der Waals surface area contributed by atoms with Crippen LogP contribution in [0.15, 0.2) is 42.6 Å².